The van der Waals surface area contributed by atoms with Crippen LogP contribution in [0.15, 0.2) is 60.7 Å². The Hall–Kier alpha value is -4.39. The zero-order chi connectivity index (χ0) is 25.8. The molecule has 0 aliphatic heterocycles. The minimum Gasteiger partial charge on any atom is -0.493 e. The van der Waals surface area contributed by atoms with Crippen molar-refractivity contribution >= 4 is 18.1 Å². The van der Waals surface area contributed by atoms with Crippen molar-refractivity contribution in [1.29, 1.82) is 10.5 Å². The number of rotatable bonds is 12. The van der Waals surface area contributed by atoms with Gasteiger partial charge in [0.25, 0.3) is 0 Å². The summed E-state index contributed by atoms with van der Waals surface area (Å²) in [7, 11) is 0. The van der Waals surface area contributed by atoms with Crippen LogP contribution in [0.4, 0.5) is 0 Å². The largest absolute Gasteiger partial charge is 0.493 e. The lowest BCUT2D eigenvalue weighted by Crippen LogP contribution is -2.22. The molecular formula is C30H29N3O3. The number of hydrogen-bond acceptors (Lipinski definition) is 5. The quantitative estimate of drug-likeness (QED) is 0.246. The lowest BCUT2D eigenvalue weighted by atomic mass is 9.95. The van der Waals surface area contributed by atoms with Gasteiger partial charge in [-0.2, -0.15) is 10.5 Å². The fourth-order valence-electron chi connectivity index (χ4n) is 3.88. The van der Waals surface area contributed by atoms with Gasteiger partial charge in [-0.25, -0.2) is 0 Å². The number of aryl methyl sites for hydroxylation is 1. The zero-order valence-electron chi connectivity index (χ0n) is 20.3. The van der Waals surface area contributed by atoms with E-state index in [1.807, 2.05) is 79.7 Å². The highest BCUT2D eigenvalue weighted by Gasteiger charge is 2.11. The summed E-state index contributed by atoms with van der Waals surface area (Å²) >= 11 is 0. The molecule has 0 amide bonds. The number of carbonyl (C=O) groups is 1. The van der Waals surface area contributed by atoms with Crippen LogP contribution in [0.5, 0.6) is 5.75 Å². The molecule has 182 valence electrons. The van der Waals surface area contributed by atoms with Crippen LogP contribution in [-0.4, -0.2) is 24.2 Å². The predicted octanol–water partition coefficient (Wildman–Crippen LogP) is 5.95. The standard InChI is InChI=1S/C30H29N3O3/c1-22-17-26(20-33-21-30(34)35)29(36-16-7-3-6-15-31)18-25(22)14-13-24-11-8-12-27(28(24)19-32)23-9-4-2-5-10-23/h2,4-5,8-14,17-18,33H,3,6-7,16,20-21H2,1H3,(H,34,35). The maximum Gasteiger partial charge on any atom is 0.317 e. The average molecular weight is 480 g/mol. The Morgan fingerprint density at radius 3 is 2.53 bits per heavy atom. The van der Waals surface area contributed by atoms with Gasteiger partial charge in [-0.15, -0.1) is 0 Å². The number of carboxylic acids is 1. The van der Waals surface area contributed by atoms with Crippen LogP contribution in [0.25, 0.3) is 23.3 Å². The third-order valence-electron chi connectivity index (χ3n) is 5.72. The molecule has 0 fully saturated rings. The summed E-state index contributed by atoms with van der Waals surface area (Å²) in [4.78, 5) is 10.9. The normalized spacial score (nSPS) is 10.6. The number of carboxylic acid groups (broad SMARTS) is 1. The van der Waals surface area contributed by atoms with E-state index in [0.717, 1.165) is 46.2 Å². The van der Waals surface area contributed by atoms with E-state index in [9.17, 15) is 10.1 Å². The zero-order valence-corrected chi connectivity index (χ0v) is 20.3. The van der Waals surface area contributed by atoms with E-state index in [1.54, 1.807) is 0 Å². The van der Waals surface area contributed by atoms with Gasteiger partial charge in [0.15, 0.2) is 0 Å². The molecule has 0 unspecified atom stereocenters. The molecule has 0 saturated carbocycles. The Balaban J connectivity index is 1.89. The first kappa shape index (κ1) is 26.2. The average Bonchev–Trinajstić information content (AvgIpc) is 2.88. The van der Waals surface area contributed by atoms with Gasteiger partial charge in [0.05, 0.1) is 24.8 Å². The lowest BCUT2D eigenvalue weighted by molar-refractivity contribution is -0.136. The van der Waals surface area contributed by atoms with Gasteiger partial charge in [-0.3, -0.25) is 4.79 Å². The van der Waals surface area contributed by atoms with Gasteiger partial charge in [0.2, 0.25) is 0 Å². The summed E-state index contributed by atoms with van der Waals surface area (Å²) < 4.78 is 6.03. The number of nitrogens with zero attached hydrogens (tertiary/aromatic N) is 2. The smallest absolute Gasteiger partial charge is 0.317 e. The molecule has 36 heavy (non-hydrogen) atoms. The summed E-state index contributed by atoms with van der Waals surface area (Å²) in [6.07, 6.45) is 5.91. The van der Waals surface area contributed by atoms with E-state index in [2.05, 4.69) is 17.5 Å². The van der Waals surface area contributed by atoms with Gasteiger partial charge >= 0.3 is 5.97 Å². The van der Waals surface area contributed by atoms with Crippen molar-refractivity contribution in [3.8, 4) is 29.0 Å². The van der Waals surface area contributed by atoms with Crippen molar-refractivity contribution in [3.05, 3.63) is 88.5 Å². The van der Waals surface area contributed by atoms with E-state index in [0.29, 0.717) is 30.9 Å². The molecule has 0 aliphatic rings. The summed E-state index contributed by atoms with van der Waals surface area (Å²) in [5.41, 5.74) is 6.13. The second kappa shape index (κ2) is 13.5. The predicted molar refractivity (Wildman–Crippen MR) is 141 cm³/mol. The van der Waals surface area contributed by atoms with Crippen molar-refractivity contribution in [1.82, 2.24) is 5.32 Å². The molecule has 0 aliphatic carbocycles. The van der Waals surface area contributed by atoms with Gasteiger partial charge in [-0.1, -0.05) is 66.7 Å². The molecule has 0 radical (unpaired) electrons. The molecule has 0 bridgehead atoms. The summed E-state index contributed by atoms with van der Waals surface area (Å²) in [5, 5.41) is 30.5. The van der Waals surface area contributed by atoms with Crippen molar-refractivity contribution in [2.45, 2.75) is 32.7 Å². The Kier molecular flexibility index (Phi) is 9.82. The van der Waals surface area contributed by atoms with Crippen LogP contribution in [-0.2, 0) is 11.3 Å². The second-order valence-corrected chi connectivity index (χ2v) is 8.36. The SMILES string of the molecule is Cc1cc(CNCC(=O)O)c(OCCCCC#N)cc1C=Cc1cccc(-c2ccccc2)c1C#N. The van der Waals surface area contributed by atoms with Crippen LogP contribution in [0, 0.1) is 29.6 Å². The number of nitriles is 2. The highest BCUT2D eigenvalue weighted by atomic mass is 16.5. The van der Waals surface area contributed by atoms with E-state index in [1.165, 1.54) is 0 Å². The Morgan fingerprint density at radius 2 is 1.81 bits per heavy atom. The molecule has 0 heterocycles. The fourth-order valence-corrected chi connectivity index (χ4v) is 3.88. The second-order valence-electron chi connectivity index (χ2n) is 8.36. The first-order valence-electron chi connectivity index (χ1n) is 11.9. The molecule has 3 aromatic carbocycles. The van der Waals surface area contributed by atoms with Crippen molar-refractivity contribution in [2.24, 2.45) is 0 Å². The molecule has 0 spiro atoms. The Bertz CT molecular complexity index is 1300. The number of unbranched alkanes of at least 4 members (excludes halogenated alkanes) is 2. The van der Waals surface area contributed by atoms with Gasteiger partial charge in [-0.05, 0) is 48.1 Å². The van der Waals surface area contributed by atoms with Crippen molar-refractivity contribution in [2.75, 3.05) is 13.2 Å². The molecular weight excluding hydrogens is 450 g/mol. The van der Waals surface area contributed by atoms with E-state index >= 15 is 0 Å². The topological polar surface area (TPSA) is 106 Å². The van der Waals surface area contributed by atoms with Crippen LogP contribution in [0.3, 0.4) is 0 Å². The lowest BCUT2D eigenvalue weighted by Gasteiger charge is -2.15. The first-order valence-corrected chi connectivity index (χ1v) is 11.9. The summed E-state index contributed by atoms with van der Waals surface area (Å²) in [5.74, 6) is -0.245. The van der Waals surface area contributed by atoms with Crippen LogP contribution >= 0.6 is 0 Å². The number of hydrogen-bond donors (Lipinski definition) is 2. The molecule has 0 saturated heterocycles. The third kappa shape index (κ3) is 7.30. The van der Waals surface area contributed by atoms with Crippen LogP contribution in [0.2, 0.25) is 0 Å². The van der Waals surface area contributed by atoms with Gasteiger partial charge in [0.1, 0.15) is 11.8 Å². The first-order chi connectivity index (χ1) is 17.5. The Labute approximate surface area is 212 Å². The molecule has 0 aromatic heterocycles. The molecule has 3 rings (SSSR count). The molecule has 6 heteroatoms. The number of benzene rings is 3. The maximum absolute atomic E-state index is 10.9. The maximum atomic E-state index is 10.9. The Morgan fingerprint density at radius 1 is 1.03 bits per heavy atom. The number of aliphatic carboxylic acids is 1. The van der Waals surface area contributed by atoms with E-state index in [4.69, 9.17) is 15.1 Å². The number of ether oxygens (including phenoxy) is 1. The van der Waals surface area contributed by atoms with Crippen LogP contribution < -0.4 is 10.1 Å². The van der Waals surface area contributed by atoms with Gasteiger partial charge in [0, 0.05) is 24.1 Å². The molecule has 6 nitrogen and oxygen atoms in total. The third-order valence-corrected chi connectivity index (χ3v) is 5.72. The molecule has 0 atom stereocenters. The van der Waals surface area contributed by atoms with Crippen LogP contribution in [0.1, 0.15) is 47.1 Å². The molecule has 2 N–H and O–H groups in total. The van der Waals surface area contributed by atoms with E-state index < -0.39 is 5.97 Å². The van der Waals surface area contributed by atoms with Gasteiger partial charge < -0.3 is 15.2 Å². The minimum absolute atomic E-state index is 0.142. The van der Waals surface area contributed by atoms with E-state index in [-0.39, 0.29) is 6.54 Å². The van der Waals surface area contributed by atoms with Crippen molar-refractivity contribution in [3.63, 3.8) is 0 Å². The number of nitrogens with one attached hydrogen (secondary N) is 1. The minimum atomic E-state index is -0.920. The highest BCUT2D eigenvalue weighted by Crippen LogP contribution is 2.29. The molecule has 3 aromatic rings. The van der Waals surface area contributed by atoms with Crippen molar-refractivity contribution < 1.29 is 14.6 Å². The highest BCUT2D eigenvalue weighted by molar-refractivity contribution is 5.81. The summed E-state index contributed by atoms with van der Waals surface area (Å²) in [6, 6.07) is 24.1. The summed E-state index contributed by atoms with van der Waals surface area (Å²) in [6.45, 7) is 2.68. The monoisotopic (exact) mass is 479 g/mol. The fraction of sp³-hybridized carbons (Fsp3) is 0.233.